The van der Waals surface area contributed by atoms with E-state index in [9.17, 15) is 13.2 Å². The normalized spacial score (nSPS) is 23.5. The summed E-state index contributed by atoms with van der Waals surface area (Å²) in [6, 6.07) is 0. The van der Waals surface area contributed by atoms with Crippen LogP contribution in [0.15, 0.2) is 0 Å². The molecule has 0 aromatic carbocycles. The molecule has 0 radical (unpaired) electrons. The molecular weight excluding hydrogens is 214 g/mol. The van der Waals surface area contributed by atoms with Crippen LogP contribution in [0.25, 0.3) is 0 Å². The van der Waals surface area contributed by atoms with Crippen molar-refractivity contribution >= 4 is 27.3 Å². The minimum Gasteiger partial charge on any atom is -0.340 e. The molecule has 1 saturated heterocycles. The fourth-order valence-electron chi connectivity index (χ4n) is 1.26. The van der Waals surface area contributed by atoms with Gasteiger partial charge in [0.05, 0.1) is 5.38 Å². The van der Waals surface area contributed by atoms with E-state index in [1.54, 1.807) is 0 Å². The molecule has 1 fully saturated rings. The van der Waals surface area contributed by atoms with Gasteiger partial charge in [-0.1, -0.05) is 0 Å². The predicted octanol–water partition coefficient (Wildman–Crippen LogP) is -0.129. The maximum atomic E-state index is 11.3. The zero-order valence-corrected chi connectivity index (χ0v) is 8.94. The van der Waals surface area contributed by atoms with E-state index in [0.29, 0.717) is 13.1 Å². The molecule has 1 aliphatic rings. The Morgan fingerprint density at radius 2 is 2.23 bits per heavy atom. The Balaban J connectivity index is 2.50. The highest BCUT2D eigenvalue weighted by Gasteiger charge is 2.26. The third-order valence-corrected chi connectivity index (χ3v) is 3.00. The number of hydrogen-bond acceptors (Lipinski definition) is 3. The van der Waals surface area contributed by atoms with Gasteiger partial charge in [0.25, 0.3) is 0 Å². The number of carbonyl (C=O) groups is 1. The van der Waals surface area contributed by atoms with Crippen molar-refractivity contribution in [3.05, 3.63) is 0 Å². The van der Waals surface area contributed by atoms with E-state index in [1.165, 1.54) is 4.90 Å². The summed E-state index contributed by atoms with van der Waals surface area (Å²) in [5, 5.41) is -0.0245. The van der Waals surface area contributed by atoms with Crippen molar-refractivity contribution in [1.82, 2.24) is 4.90 Å². The first-order valence-electron chi connectivity index (χ1n) is 3.98. The van der Waals surface area contributed by atoms with Crippen LogP contribution in [0.5, 0.6) is 0 Å². The van der Waals surface area contributed by atoms with Crippen molar-refractivity contribution in [2.24, 2.45) is 0 Å². The smallest absolute Gasteiger partial charge is 0.237 e. The van der Waals surface area contributed by atoms with Crippen LogP contribution in [0.4, 0.5) is 0 Å². The summed E-state index contributed by atoms with van der Waals surface area (Å²) < 4.78 is 21.6. The first-order chi connectivity index (χ1) is 5.88. The van der Waals surface area contributed by atoms with Crippen molar-refractivity contribution in [3.63, 3.8) is 0 Å². The standard InChI is InChI=1S/C7H12ClNO3S/c1-13(11,12)5-7(10)9-3-2-6(8)4-9/h6H,2-5H2,1H3. The van der Waals surface area contributed by atoms with Crippen LogP contribution in [-0.4, -0.2) is 49.7 Å². The number of alkyl halides is 1. The lowest BCUT2D eigenvalue weighted by molar-refractivity contribution is -0.127. The van der Waals surface area contributed by atoms with Gasteiger partial charge in [-0.2, -0.15) is 0 Å². The number of hydrogen-bond donors (Lipinski definition) is 0. The van der Waals surface area contributed by atoms with E-state index in [2.05, 4.69) is 0 Å². The lowest BCUT2D eigenvalue weighted by Gasteiger charge is -2.14. The molecule has 0 bridgehead atoms. The Morgan fingerprint density at radius 3 is 2.62 bits per heavy atom. The van der Waals surface area contributed by atoms with E-state index in [0.717, 1.165) is 12.7 Å². The van der Waals surface area contributed by atoms with Gasteiger partial charge in [0.2, 0.25) is 5.91 Å². The maximum Gasteiger partial charge on any atom is 0.237 e. The number of nitrogens with zero attached hydrogens (tertiary/aromatic N) is 1. The Bertz CT molecular complexity index is 301. The Labute approximate surface area is 82.8 Å². The van der Waals surface area contributed by atoms with Crippen molar-refractivity contribution in [2.45, 2.75) is 11.8 Å². The highest BCUT2D eigenvalue weighted by Crippen LogP contribution is 2.14. The molecule has 0 aliphatic carbocycles. The number of halogens is 1. The van der Waals surface area contributed by atoms with E-state index in [1.807, 2.05) is 0 Å². The molecule has 0 aromatic heterocycles. The highest BCUT2D eigenvalue weighted by molar-refractivity contribution is 7.91. The summed E-state index contributed by atoms with van der Waals surface area (Å²) in [7, 11) is -3.21. The number of carbonyl (C=O) groups excluding carboxylic acids is 1. The molecule has 1 amide bonds. The lowest BCUT2D eigenvalue weighted by atomic mass is 10.4. The second kappa shape index (κ2) is 3.84. The van der Waals surface area contributed by atoms with Crippen molar-refractivity contribution in [2.75, 3.05) is 25.1 Å². The topological polar surface area (TPSA) is 54.5 Å². The second-order valence-electron chi connectivity index (χ2n) is 3.30. The van der Waals surface area contributed by atoms with Gasteiger partial charge in [0.1, 0.15) is 5.75 Å². The third kappa shape index (κ3) is 3.52. The molecule has 1 unspecified atom stereocenters. The molecule has 4 nitrogen and oxygen atoms in total. The molecule has 1 atom stereocenters. The zero-order valence-electron chi connectivity index (χ0n) is 7.36. The van der Waals surface area contributed by atoms with E-state index in [-0.39, 0.29) is 11.3 Å². The summed E-state index contributed by atoms with van der Waals surface area (Å²) >= 11 is 5.78. The monoisotopic (exact) mass is 225 g/mol. The van der Waals surface area contributed by atoms with E-state index < -0.39 is 15.6 Å². The molecule has 13 heavy (non-hydrogen) atoms. The molecular formula is C7H12ClNO3S. The number of rotatable bonds is 2. The summed E-state index contributed by atoms with van der Waals surface area (Å²) in [5.74, 6) is -0.748. The fraction of sp³-hybridized carbons (Fsp3) is 0.857. The second-order valence-corrected chi connectivity index (χ2v) is 6.05. The van der Waals surface area contributed by atoms with Gasteiger partial charge in [-0.25, -0.2) is 8.42 Å². The van der Waals surface area contributed by atoms with Gasteiger partial charge >= 0.3 is 0 Å². The molecule has 0 spiro atoms. The minimum atomic E-state index is -3.21. The van der Waals surface area contributed by atoms with Crippen LogP contribution in [0, 0.1) is 0 Å². The van der Waals surface area contributed by atoms with Crippen LogP contribution in [0.1, 0.15) is 6.42 Å². The van der Waals surface area contributed by atoms with Crippen LogP contribution in [0.2, 0.25) is 0 Å². The molecule has 1 heterocycles. The fourth-order valence-corrected chi connectivity index (χ4v) is 2.16. The third-order valence-electron chi connectivity index (χ3n) is 1.87. The quantitative estimate of drug-likeness (QED) is 0.616. The molecule has 6 heteroatoms. The Kier molecular flexibility index (Phi) is 3.18. The average molecular weight is 226 g/mol. The number of likely N-dealkylation sites (tertiary alicyclic amines) is 1. The molecule has 1 rings (SSSR count). The van der Waals surface area contributed by atoms with Gasteiger partial charge in [0, 0.05) is 19.3 Å². The van der Waals surface area contributed by atoms with E-state index >= 15 is 0 Å². The van der Waals surface area contributed by atoms with Crippen LogP contribution in [0.3, 0.4) is 0 Å². The van der Waals surface area contributed by atoms with Gasteiger partial charge in [0.15, 0.2) is 9.84 Å². The first kappa shape index (κ1) is 10.8. The van der Waals surface area contributed by atoms with Gasteiger partial charge < -0.3 is 4.90 Å². The molecule has 1 aliphatic heterocycles. The number of amides is 1. The van der Waals surface area contributed by atoms with Gasteiger partial charge in [-0.15, -0.1) is 11.6 Å². The average Bonchev–Trinajstić information content (AvgIpc) is 2.31. The van der Waals surface area contributed by atoms with Crippen LogP contribution in [-0.2, 0) is 14.6 Å². The predicted molar refractivity (Wildman–Crippen MR) is 50.5 cm³/mol. The molecule has 0 saturated carbocycles. The highest BCUT2D eigenvalue weighted by atomic mass is 35.5. The Hall–Kier alpha value is -0.290. The Morgan fingerprint density at radius 1 is 1.62 bits per heavy atom. The summed E-state index contributed by atoms with van der Waals surface area (Å²) in [6.45, 7) is 1.04. The SMILES string of the molecule is CS(=O)(=O)CC(=O)N1CCC(Cl)C1. The molecule has 0 aromatic rings. The first-order valence-corrected chi connectivity index (χ1v) is 6.48. The lowest BCUT2D eigenvalue weighted by Crippen LogP contribution is -2.33. The van der Waals surface area contributed by atoms with Crippen molar-refractivity contribution in [3.8, 4) is 0 Å². The van der Waals surface area contributed by atoms with Crippen LogP contribution >= 0.6 is 11.6 Å². The van der Waals surface area contributed by atoms with Crippen molar-refractivity contribution < 1.29 is 13.2 Å². The van der Waals surface area contributed by atoms with Crippen molar-refractivity contribution in [1.29, 1.82) is 0 Å². The zero-order chi connectivity index (χ0) is 10.1. The number of sulfone groups is 1. The maximum absolute atomic E-state index is 11.3. The summed E-state index contributed by atoms with van der Waals surface area (Å²) in [5.41, 5.74) is 0. The summed E-state index contributed by atoms with van der Waals surface area (Å²) in [4.78, 5) is 12.8. The summed E-state index contributed by atoms with van der Waals surface area (Å²) in [6.07, 6.45) is 1.80. The molecule has 0 N–H and O–H groups in total. The van der Waals surface area contributed by atoms with E-state index in [4.69, 9.17) is 11.6 Å². The van der Waals surface area contributed by atoms with Crippen LogP contribution < -0.4 is 0 Å². The molecule has 76 valence electrons. The largest absolute Gasteiger partial charge is 0.340 e. The van der Waals surface area contributed by atoms with Gasteiger partial charge in [-0.3, -0.25) is 4.79 Å². The van der Waals surface area contributed by atoms with Gasteiger partial charge in [-0.05, 0) is 6.42 Å². The minimum absolute atomic E-state index is 0.0245.